The number of rotatable bonds is 13. The van der Waals surface area contributed by atoms with E-state index in [0.29, 0.717) is 45.2 Å². The molecule has 0 atom stereocenters. The van der Waals surface area contributed by atoms with Gasteiger partial charge in [-0.3, -0.25) is 4.79 Å². The van der Waals surface area contributed by atoms with Crippen LogP contribution in [-0.4, -0.2) is 65.3 Å². The molecule has 1 rings (SSSR count). The van der Waals surface area contributed by atoms with Gasteiger partial charge in [-0.25, -0.2) is 4.79 Å². The topological polar surface area (TPSA) is 80.3 Å². The van der Waals surface area contributed by atoms with Gasteiger partial charge in [0.05, 0.1) is 58.7 Å². The molecular weight excluding hydrogens is 316 g/mol. The molecule has 0 heterocycles. The Morgan fingerprint density at radius 1 is 0.792 bits per heavy atom. The van der Waals surface area contributed by atoms with E-state index in [2.05, 4.69) is 4.74 Å². The van der Waals surface area contributed by atoms with Crippen molar-refractivity contribution in [1.29, 1.82) is 0 Å². The average Bonchev–Trinajstić information content (AvgIpc) is 2.62. The van der Waals surface area contributed by atoms with Crippen LogP contribution in [0.15, 0.2) is 30.3 Å². The highest BCUT2D eigenvalue weighted by molar-refractivity contribution is 5.89. The summed E-state index contributed by atoms with van der Waals surface area (Å²) in [5.74, 6) is -0.656. The van der Waals surface area contributed by atoms with Gasteiger partial charge in [0, 0.05) is 0 Å². The van der Waals surface area contributed by atoms with Gasteiger partial charge in [-0.2, -0.15) is 0 Å². The summed E-state index contributed by atoms with van der Waals surface area (Å²) in [5.41, 5.74) is 0.521. The lowest BCUT2D eigenvalue weighted by Gasteiger charge is -2.07. The van der Waals surface area contributed by atoms with Crippen molar-refractivity contribution in [1.82, 2.24) is 0 Å². The molecule has 0 amide bonds. The number of methoxy groups -OCH3 is 1. The molecule has 7 nitrogen and oxygen atoms in total. The molecule has 0 aliphatic rings. The van der Waals surface area contributed by atoms with Crippen LogP contribution in [0.5, 0.6) is 0 Å². The molecule has 0 saturated carbocycles. The first-order valence-electron chi connectivity index (χ1n) is 7.76. The van der Waals surface area contributed by atoms with E-state index in [1.54, 1.807) is 24.3 Å². The van der Waals surface area contributed by atoms with Crippen molar-refractivity contribution in [2.75, 3.05) is 53.4 Å². The summed E-state index contributed by atoms with van der Waals surface area (Å²) >= 11 is 0. The Hall–Kier alpha value is -1.96. The van der Waals surface area contributed by atoms with E-state index >= 15 is 0 Å². The van der Waals surface area contributed by atoms with Gasteiger partial charge >= 0.3 is 11.9 Å². The monoisotopic (exact) mass is 340 g/mol. The zero-order valence-corrected chi connectivity index (χ0v) is 13.9. The standard InChI is InChI=1S/C17H24O7/c1-20-16(18)7-8-21-9-10-22-11-12-23-13-14-24-17(19)15-5-3-2-4-6-15/h2-6H,7-14H2,1H3. The molecule has 7 heteroatoms. The minimum absolute atomic E-state index is 0.199. The fourth-order valence-corrected chi connectivity index (χ4v) is 1.65. The first kappa shape index (κ1) is 20.1. The summed E-state index contributed by atoms with van der Waals surface area (Å²) in [5, 5.41) is 0. The smallest absolute Gasteiger partial charge is 0.338 e. The highest BCUT2D eigenvalue weighted by atomic mass is 16.6. The normalized spacial score (nSPS) is 10.4. The van der Waals surface area contributed by atoms with Crippen molar-refractivity contribution in [2.24, 2.45) is 0 Å². The summed E-state index contributed by atoms with van der Waals surface area (Å²) in [7, 11) is 1.34. The van der Waals surface area contributed by atoms with E-state index in [4.69, 9.17) is 18.9 Å². The van der Waals surface area contributed by atoms with Crippen LogP contribution in [0.4, 0.5) is 0 Å². The molecule has 0 saturated heterocycles. The lowest BCUT2D eigenvalue weighted by Crippen LogP contribution is -2.14. The molecule has 1 aromatic carbocycles. The molecule has 0 aliphatic heterocycles. The highest BCUT2D eigenvalue weighted by Crippen LogP contribution is 2.00. The van der Waals surface area contributed by atoms with Crippen molar-refractivity contribution >= 4 is 11.9 Å². The minimum atomic E-state index is -0.362. The van der Waals surface area contributed by atoms with Crippen LogP contribution in [0.3, 0.4) is 0 Å². The molecule has 0 bridgehead atoms. The van der Waals surface area contributed by atoms with E-state index in [1.165, 1.54) is 7.11 Å². The molecule has 0 spiro atoms. The second-order valence-corrected chi connectivity index (χ2v) is 4.67. The third kappa shape index (κ3) is 9.94. The predicted molar refractivity (Wildman–Crippen MR) is 85.8 cm³/mol. The molecule has 1 aromatic rings. The van der Waals surface area contributed by atoms with E-state index in [9.17, 15) is 9.59 Å². The maximum Gasteiger partial charge on any atom is 0.338 e. The van der Waals surface area contributed by atoms with Crippen molar-refractivity contribution < 1.29 is 33.3 Å². The fourth-order valence-electron chi connectivity index (χ4n) is 1.65. The number of esters is 2. The number of hydrogen-bond acceptors (Lipinski definition) is 7. The van der Waals surface area contributed by atoms with Gasteiger partial charge in [-0.15, -0.1) is 0 Å². The zero-order valence-electron chi connectivity index (χ0n) is 13.9. The van der Waals surface area contributed by atoms with Crippen molar-refractivity contribution in [2.45, 2.75) is 6.42 Å². The molecule has 0 N–H and O–H groups in total. The van der Waals surface area contributed by atoms with Gasteiger partial charge < -0.3 is 23.7 Å². The first-order chi connectivity index (χ1) is 11.7. The summed E-state index contributed by atoms with van der Waals surface area (Å²) < 4.78 is 25.3. The van der Waals surface area contributed by atoms with Crippen LogP contribution in [-0.2, 0) is 28.5 Å². The summed E-state index contributed by atoms with van der Waals surface area (Å²) in [6.07, 6.45) is 0.237. The third-order valence-electron chi connectivity index (χ3n) is 2.89. The Balaban J connectivity index is 1.84. The van der Waals surface area contributed by atoms with Crippen molar-refractivity contribution in [3.8, 4) is 0 Å². The van der Waals surface area contributed by atoms with E-state index in [1.807, 2.05) is 6.07 Å². The van der Waals surface area contributed by atoms with Crippen LogP contribution in [0.2, 0.25) is 0 Å². The minimum Gasteiger partial charge on any atom is -0.469 e. The van der Waals surface area contributed by atoms with Gasteiger partial charge in [0.15, 0.2) is 0 Å². The fraction of sp³-hybridized carbons (Fsp3) is 0.529. The molecule has 0 aromatic heterocycles. The molecule has 0 aliphatic carbocycles. The van der Waals surface area contributed by atoms with Crippen LogP contribution in [0.1, 0.15) is 16.8 Å². The number of carbonyl (C=O) groups is 2. The molecule has 134 valence electrons. The van der Waals surface area contributed by atoms with Crippen molar-refractivity contribution in [3.05, 3.63) is 35.9 Å². The third-order valence-corrected chi connectivity index (χ3v) is 2.89. The van der Waals surface area contributed by atoms with E-state index in [-0.39, 0.29) is 25.0 Å². The van der Waals surface area contributed by atoms with Crippen LogP contribution in [0.25, 0.3) is 0 Å². The van der Waals surface area contributed by atoms with Gasteiger partial charge in [0.2, 0.25) is 0 Å². The highest BCUT2D eigenvalue weighted by Gasteiger charge is 2.05. The number of carbonyl (C=O) groups excluding carboxylic acids is 2. The quantitative estimate of drug-likeness (QED) is 0.397. The second kappa shape index (κ2) is 13.5. The van der Waals surface area contributed by atoms with Gasteiger partial charge in [-0.05, 0) is 12.1 Å². The number of benzene rings is 1. The largest absolute Gasteiger partial charge is 0.469 e. The average molecular weight is 340 g/mol. The first-order valence-corrected chi connectivity index (χ1v) is 7.76. The number of ether oxygens (including phenoxy) is 5. The molecular formula is C17H24O7. The number of hydrogen-bond donors (Lipinski definition) is 0. The van der Waals surface area contributed by atoms with Gasteiger partial charge in [0.1, 0.15) is 6.61 Å². The zero-order chi connectivity index (χ0) is 17.5. The van der Waals surface area contributed by atoms with Gasteiger partial charge in [-0.1, -0.05) is 18.2 Å². The molecule has 24 heavy (non-hydrogen) atoms. The molecule has 0 radical (unpaired) electrons. The Morgan fingerprint density at radius 2 is 1.33 bits per heavy atom. The Kier molecular flexibility index (Phi) is 11.3. The lowest BCUT2D eigenvalue weighted by molar-refractivity contribution is -0.141. The van der Waals surface area contributed by atoms with Gasteiger partial charge in [0.25, 0.3) is 0 Å². The summed E-state index contributed by atoms with van der Waals surface area (Å²) in [4.78, 5) is 22.4. The lowest BCUT2D eigenvalue weighted by atomic mass is 10.2. The van der Waals surface area contributed by atoms with Crippen LogP contribution >= 0.6 is 0 Å². The molecule has 0 fully saturated rings. The SMILES string of the molecule is COC(=O)CCOCCOCCOCCOC(=O)c1ccccc1. The Morgan fingerprint density at radius 3 is 1.92 bits per heavy atom. The van der Waals surface area contributed by atoms with Crippen LogP contribution < -0.4 is 0 Å². The molecule has 0 unspecified atom stereocenters. The summed E-state index contributed by atoms with van der Waals surface area (Å²) in [6.45, 7) is 2.50. The maximum atomic E-state index is 11.6. The summed E-state index contributed by atoms with van der Waals surface area (Å²) in [6, 6.07) is 8.80. The second-order valence-electron chi connectivity index (χ2n) is 4.67. The van der Waals surface area contributed by atoms with Crippen LogP contribution in [0, 0.1) is 0 Å². The Labute approximate surface area is 141 Å². The Bertz CT molecular complexity index is 461. The van der Waals surface area contributed by atoms with Crippen molar-refractivity contribution in [3.63, 3.8) is 0 Å². The maximum absolute atomic E-state index is 11.6. The van der Waals surface area contributed by atoms with E-state index in [0.717, 1.165) is 0 Å². The predicted octanol–water partition coefficient (Wildman–Crippen LogP) is 1.46. The van der Waals surface area contributed by atoms with E-state index < -0.39 is 0 Å².